The molecule has 3 nitrogen and oxygen atoms in total. The van der Waals surface area contributed by atoms with Gasteiger partial charge in [0.1, 0.15) is 5.75 Å². The Labute approximate surface area is 97.2 Å². The van der Waals surface area contributed by atoms with Crippen LogP contribution in [0.1, 0.15) is 37.8 Å². The predicted molar refractivity (Wildman–Crippen MR) is 64.5 cm³/mol. The molecule has 1 atom stereocenters. The SMILES string of the molecule is CCOc1cncc(C(CC2CC2)NC)c1. The Bertz CT molecular complexity index is 336. The van der Waals surface area contributed by atoms with Crippen LogP contribution < -0.4 is 10.1 Å². The van der Waals surface area contributed by atoms with E-state index in [1.54, 1.807) is 6.20 Å². The fourth-order valence-corrected chi connectivity index (χ4v) is 1.98. The van der Waals surface area contributed by atoms with Gasteiger partial charge in [-0.15, -0.1) is 0 Å². The van der Waals surface area contributed by atoms with E-state index in [4.69, 9.17) is 4.74 Å². The molecule has 0 bridgehead atoms. The van der Waals surface area contributed by atoms with Crippen LogP contribution in [0.2, 0.25) is 0 Å². The van der Waals surface area contributed by atoms with E-state index >= 15 is 0 Å². The molecule has 88 valence electrons. The molecule has 1 saturated carbocycles. The lowest BCUT2D eigenvalue weighted by atomic mass is 10.0. The van der Waals surface area contributed by atoms with Crippen LogP contribution in [0.15, 0.2) is 18.5 Å². The maximum Gasteiger partial charge on any atom is 0.137 e. The molecule has 1 N–H and O–H groups in total. The van der Waals surface area contributed by atoms with Crippen molar-refractivity contribution in [2.75, 3.05) is 13.7 Å². The molecule has 0 saturated heterocycles. The van der Waals surface area contributed by atoms with Gasteiger partial charge in [0.25, 0.3) is 0 Å². The summed E-state index contributed by atoms with van der Waals surface area (Å²) in [6.07, 6.45) is 7.70. The van der Waals surface area contributed by atoms with Crippen molar-refractivity contribution in [2.24, 2.45) is 5.92 Å². The Morgan fingerprint density at radius 3 is 2.94 bits per heavy atom. The third-order valence-electron chi connectivity index (χ3n) is 3.06. The van der Waals surface area contributed by atoms with Crippen LogP contribution in [0.5, 0.6) is 5.75 Å². The zero-order chi connectivity index (χ0) is 11.4. The number of aromatic nitrogens is 1. The molecule has 1 aromatic rings. The first kappa shape index (κ1) is 11.4. The minimum atomic E-state index is 0.417. The predicted octanol–water partition coefficient (Wildman–Crippen LogP) is 2.54. The summed E-state index contributed by atoms with van der Waals surface area (Å²) in [4.78, 5) is 4.23. The average Bonchev–Trinajstić information content (AvgIpc) is 3.10. The Balaban J connectivity index is 2.06. The molecule has 3 heteroatoms. The molecular formula is C13H20N2O. The fraction of sp³-hybridized carbons (Fsp3) is 0.615. The van der Waals surface area contributed by atoms with Crippen LogP contribution in [-0.4, -0.2) is 18.6 Å². The molecule has 1 fully saturated rings. The number of pyridine rings is 1. The molecule has 2 rings (SSSR count). The van der Waals surface area contributed by atoms with E-state index in [1.807, 2.05) is 20.2 Å². The lowest BCUT2D eigenvalue weighted by Gasteiger charge is -2.16. The van der Waals surface area contributed by atoms with Gasteiger partial charge in [-0.05, 0) is 37.9 Å². The monoisotopic (exact) mass is 220 g/mol. The van der Waals surface area contributed by atoms with Crippen molar-refractivity contribution in [1.29, 1.82) is 0 Å². The van der Waals surface area contributed by atoms with Gasteiger partial charge in [-0.3, -0.25) is 4.98 Å². The Kier molecular flexibility index (Phi) is 3.78. The molecule has 0 aromatic carbocycles. The smallest absolute Gasteiger partial charge is 0.137 e. The molecule has 16 heavy (non-hydrogen) atoms. The van der Waals surface area contributed by atoms with E-state index in [2.05, 4.69) is 16.4 Å². The number of rotatable bonds is 6. The average molecular weight is 220 g/mol. The van der Waals surface area contributed by atoms with E-state index in [0.29, 0.717) is 12.6 Å². The van der Waals surface area contributed by atoms with Gasteiger partial charge in [0.2, 0.25) is 0 Å². The number of nitrogens with one attached hydrogen (secondary N) is 1. The number of ether oxygens (including phenoxy) is 1. The lowest BCUT2D eigenvalue weighted by molar-refractivity contribution is 0.337. The van der Waals surface area contributed by atoms with Crippen molar-refractivity contribution in [3.05, 3.63) is 24.0 Å². The number of hydrogen-bond donors (Lipinski definition) is 1. The van der Waals surface area contributed by atoms with Crippen LogP contribution in [0, 0.1) is 5.92 Å². The van der Waals surface area contributed by atoms with Crippen molar-refractivity contribution < 1.29 is 4.74 Å². The Morgan fingerprint density at radius 2 is 2.31 bits per heavy atom. The third-order valence-corrected chi connectivity index (χ3v) is 3.06. The van der Waals surface area contributed by atoms with Crippen molar-refractivity contribution in [3.63, 3.8) is 0 Å². The fourth-order valence-electron chi connectivity index (χ4n) is 1.98. The van der Waals surface area contributed by atoms with Crippen molar-refractivity contribution in [2.45, 2.75) is 32.2 Å². The molecule has 1 heterocycles. The zero-order valence-electron chi connectivity index (χ0n) is 10.1. The van der Waals surface area contributed by atoms with Gasteiger partial charge in [0.05, 0.1) is 12.8 Å². The zero-order valence-corrected chi connectivity index (χ0v) is 10.1. The van der Waals surface area contributed by atoms with E-state index in [-0.39, 0.29) is 0 Å². The van der Waals surface area contributed by atoms with Gasteiger partial charge >= 0.3 is 0 Å². The molecule has 1 aliphatic carbocycles. The van der Waals surface area contributed by atoms with E-state index in [9.17, 15) is 0 Å². The van der Waals surface area contributed by atoms with Crippen molar-refractivity contribution >= 4 is 0 Å². The molecule has 0 aliphatic heterocycles. The summed E-state index contributed by atoms with van der Waals surface area (Å²) in [5.41, 5.74) is 1.24. The largest absolute Gasteiger partial charge is 0.492 e. The Morgan fingerprint density at radius 1 is 1.50 bits per heavy atom. The second kappa shape index (κ2) is 5.30. The van der Waals surface area contributed by atoms with E-state index in [1.165, 1.54) is 24.8 Å². The molecule has 0 spiro atoms. The normalized spacial score (nSPS) is 17.1. The first-order chi connectivity index (χ1) is 7.83. The number of hydrogen-bond acceptors (Lipinski definition) is 3. The van der Waals surface area contributed by atoms with Gasteiger partial charge < -0.3 is 10.1 Å². The quantitative estimate of drug-likeness (QED) is 0.800. The summed E-state index contributed by atoms with van der Waals surface area (Å²) in [5, 5.41) is 3.36. The molecule has 1 aromatic heterocycles. The summed E-state index contributed by atoms with van der Waals surface area (Å²) in [6.45, 7) is 2.68. The van der Waals surface area contributed by atoms with Gasteiger partial charge in [0.15, 0.2) is 0 Å². The van der Waals surface area contributed by atoms with Crippen LogP contribution in [0.3, 0.4) is 0 Å². The summed E-state index contributed by atoms with van der Waals surface area (Å²) in [7, 11) is 2.01. The highest BCUT2D eigenvalue weighted by atomic mass is 16.5. The lowest BCUT2D eigenvalue weighted by Crippen LogP contribution is -2.17. The van der Waals surface area contributed by atoms with E-state index in [0.717, 1.165) is 11.7 Å². The minimum Gasteiger partial charge on any atom is -0.492 e. The van der Waals surface area contributed by atoms with Gasteiger partial charge in [-0.2, -0.15) is 0 Å². The second-order valence-corrected chi connectivity index (χ2v) is 4.41. The molecule has 1 unspecified atom stereocenters. The Hall–Kier alpha value is -1.09. The topological polar surface area (TPSA) is 34.1 Å². The first-order valence-electron chi connectivity index (χ1n) is 6.08. The minimum absolute atomic E-state index is 0.417. The molecular weight excluding hydrogens is 200 g/mol. The summed E-state index contributed by atoms with van der Waals surface area (Å²) >= 11 is 0. The summed E-state index contributed by atoms with van der Waals surface area (Å²) < 4.78 is 5.47. The highest BCUT2D eigenvalue weighted by Gasteiger charge is 2.25. The van der Waals surface area contributed by atoms with Crippen molar-refractivity contribution in [3.8, 4) is 5.75 Å². The van der Waals surface area contributed by atoms with Gasteiger partial charge in [0, 0.05) is 12.2 Å². The standard InChI is InChI=1S/C13H20N2O/c1-3-16-12-7-11(8-15-9-12)13(14-2)6-10-4-5-10/h7-10,13-14H,3-6H2,1-2H3. The number of nitrogens with zero attached hydrogens (tertiary/aromatic N) is 1. The highest BCUT2D eigenvalue weighted by Crippen LogP contribution is 2.37. The third kappa shape index (κ3) is 2.95. The maximum atomic E-state index is 5.47. The van der Waals surface area contributed by atoms with E-state index < -0.39 is 0 Å². The van der Waals surface area contributed by atoms with Crippen LogP contribution >= 0.6 is 0 Å². The van der Waals surface area contributed by atoms with Gasteiger partial charge in [-0.25, -0.2) is 0 Å². The summed E-state index contributed by atoms with van der Waals surface area (Å²) in [6, 6.07) is 2.51. The maximum absolute atomic E-state index is 5.47. The molecule has 0 amide bonds. The van der Waals surface area contributed by atoms with Crippen LogP contribution in [0.25, 0.3) is 0 Å². The van der Waals surface area contributed by atoms with Crippen LogP contribution in [-0.2, 0) is 0 Å². The second-order valence-electron chi connectivity index (χ2n) is 4.41. The highest BCUT2D eigenvalue weighted by molar-refractivity contribution is 5.26. The molecule has 1 aliphatic rings. The van der Waals surface area contributed by atoms with Crippen molar-refractivity contribution in [1.82, 2.24) is 10.3 Å². The summed E-state index contributed by atoms with van der Waals surface area (Å²) in [5.74, 6) is 1.78. The first-order valence-corrected chi connectivity index (χ1v) is 6.08. The molecule has 0 radical (unpaired) electrons. The van der Waals surface area contributed by atoms with Gasteiger partial charge in [-0.1, -0.05) is 12.8 Å². The van der Waals surface area contributed by atoms with Crippen LogP contribution in [0.4, 0.5) is 0 Å².